The zero-order valence-electron chi connectivity index (χ0n) is 19.0. The van der Waals surface area contributed by atoms with Gasteiger partial charge < -0.3 is 10.1 Å². The largest absolute Gasteiger partial charge is 0.496 e. The average Bonchev–Trinajstić information content (AvgIpc) is 3.25. The molecular formula is C22H25F3N4O3S2. The lowest BCUT2D eigenvalue weighted by molar-refractivity contribution is 0.259. The minimum atomic E-state index is -4.54. The summed E-state index contributed by atoms with van der Waals surface area (Å²) in [4.78, 5) is 4.62. The molecule has 1 heterocycles. The molecule has 0 spiro atoms. The predicted octanol–water partition coefficient (Wildman–Crippen LogP) is 4.82. The van der Waals surface area contributed by atoms with Crippen LogP contribution < -0.4 is 14.8 Å². The Morgan fingerprint density at radius 3 is 2.35 bits per heavy atom. The van der Waals surface area contributed by atoms with Crippen LogP contribution in [0.25, 0.3) is 0 Å². The molecule has 2 aromatic carbocycles. The summed E-state index contributed by atoms with van der Waals surface area (Å²) in [6, 6.07) is 4.66. The molecule has 184 valence electrons. The lowest BCUT2D eigenvalue weighted by atomic mass is 10.0. The monoisotopic (exact) mass is 514 g/mol. The fourth-order valence-corrected chi connectivity index (χ4v) is 4.87. The van der Waals surface area contributed by atoms with E-state index in [1.807, 2.05) is 30.5 Å². The maximum absolute atomic E-state index is 14.7. The predicted molar refractivity (Wildman–Crippen MR) is 126 cm³/mol. The molecule has 0 amide bonds. The van der Waals surface area contributed by atoms with Crippen molar-refractivity contribution in [3.05, 3.63) is 63.7 Å². The number of halogens is 3. The van der Waals surface area contributed by atoms with Crippen molar-refractivity contribution in [2.75, 3.05) is 24.2 Å². The van der Waals surface area contributed by atoms with E-state index in [4.69, 9.17) is 4.74 Å². The highest BCUT2D eigenvalue weighted by Crippen LogP contribution is 2.29. The van der Waals surface area contributed by atoms with Gasteiger partial charge in [0.1, 0.15) is 23.2 Å². The normalized spacial score (nSPS) is 11.8. The number of methoxy groups -OCH3 is 1. The molecule has 1 aromatic heterocycles. The highest BCUT2D eigenvalue weighted by atomic mass is 32.2. The Bertz CT molecular complexity index is 1230. The summed E-state index contributed by atoms with van der Waals surface area (Å²) in [5.41, 5.74) is 2.20. The number of sulfonamides is 1. The zero-order valence-corrected chi connectivity index (χ0v) is 20.7. The molecule has 0 aliphatic heterocycles. The number of benzene rings is 2. The summed E-state index contributed by atoms with van der Waals surface area (Å²) >= 11 is 1.12. The number of ether oxygens (including phenoxy) is 1. The fraction of sp³-hybridized carbons (Fsp3) is 0.318. The van der Waals surface area contributed by atoms with Crippen LogP contribution in [0.1, 0.15) is 25.0 Å². The average molecular weight is 515 g/mol. The molecule has 3 aromatic rings. The minimum Gasteiger partial charge on any atom is -0.496 e. The van der Waals surface area contributed by atoms with Crippen molar-refractivity contribution in [2.45, 2.75) is 37.9 Å². The van der Waals surface area contributed by atoms with Gasteiger partial charge in [-0.05, 0) is 45.2 Å². The van der Waals surface area contributed by atoms with Gasteiger partial charge in [0.15, 0.2) is 10.7 Å². The van der Waals surface area contributed by atoms with Gasteiger partial charge >= 0.3 is 0 Å². The number of nitrogens with zero attached hydrogens (tertiary/aromatic N) is 2. The number of nitrogens with one attached hydrogen (secondary N) is 2. The van der Waals surface area contributed by atoms with Crippen molar-refractivity contribution >= 4 is 32.9 Å². The summed E-state index contributed by atoms with van der Waals surface area (Å²) in [6.45, 7) is 4.27. The first-order valence-electron chi connectivity index (χ1n) is 10.2. The Balaban J connectivity index is 1.88. The summed E-state index contributed by atoms with van der Waals surface area (Å²) < 4.78 is 76.4. The number of thiazole rings is 1. The molecule has 0 bridgehead atoms. The fourth-order valence-electron chi connectivity index (χ4n) is 3.19. The first-order valence-corrected chi connectivity index (χ1v) is 12.6. The maximum atomic E-state index is 14.7. The van der Waals surface area contributed by atoms with Crippen LogP contribution in [0.5, 0.6) is 5.75 Å². The van der Waals surface area contributed by atoms with Crippen LogP contribution in [0.3, 0.4) is 0 Å². The van der Waals surface area contributed by atoms with Gasteiger partial charge in [-0.15, -0.1) is 11.3 Å². The Hall–Kier alpha value is -2.83. The highest BCUT2D eigenvalue weighted by molar-refractivity contribution is 7.92. The third-order valence-electron chi connectivity index (χ3n) is 5.25. The quantitative estimate of drug-likeness (QED) is 0.404. The van der Waals surface area contributed by atoms with Gasteiger partial charge in [0, 0.05) is 41.3 Å². The Morgan fingerprint density at radius 2 is 1.79 bits per heavy atom. The number of hydrogen-bond acceptors (Lipinski definition) is 7. The standard InChI is InChI=1S/C22H25F3N4O3S2/c1-13(2)29(3)10-16-15(17(23)5-6-20(16)32-4)9-26-14-7-18(24)22(19(25)8-14)34(30,31)28-21-11-33-12-27-21/h5-8,11-13,26,28H,9-10H2,1-4H3. The van der Waals surface area contributed by atoms with E-state index in [0.29, 0.717) is 17.9 Å². The molecule has 0 radical (unpaired) electrons. The molecule has 0 atom stereocenters. The SMILES string of the molecule is COc1ccc(F)c(CNc2cc(F)c(S(=O)(=O)Nc3cscn3)c(F)c2)c1CN(C)C(C)C. The molecule has 12 heteroatoms. The smallest absolute Gasteiger partial charge is 0.268 e. The lowest BCUT2D eigenvalue weighted by Crippen LogP contribution is -2.27. The minimum absolute atomic E-state index is 0.0432. The van der Waals surface area contributed by atoms with Gasteiger partial charge in [-0.3, -0.25) is 9.62 Å². The van der Waals surface area contributed by atoms with Gasteiger partial charge in [-0.1, -0.05) is 0 Å². The lowest BCUT2D eigenvalue weighted by Gasteiger charge is -2.24. The van der Waals surface area contributed by atoms with E-state index in [9.17, 15) is 21.6 Å². The van der Waals surface area contributed by atoms with Gasteiger partial charge in [0.25, 0.3) is 10.0 Å². The van der Waals surface area contributed by atoms with Gasteiger partial charge in [-0.25, -0.2) is 26.6 Å². The van der Waals surface area contributed by atoms with Crippen LogP contribution in [0.4, 0.5) is 24.7 Å². The molecule has 0 aliphatic carbocycles. The van der Waals surface area contributed by atoms with Crippen LogP contribution in [-0.2, 0) is 23.1 Å². The maximum Gasteiger partial charge on any atom is 0.268 e. The van der Waals surface area contributed by atoms with Gasteiger partial charge in [-0.2, -0.15) is 0 Å². The molecule has 3 rings (SSSR count). The van der Waals surface area contributed by atoms with Crippen molar-refractivity contribution in [1.82, 2.24) is 9.88 Å². The van der Waals surface area contributed by atoms with Crippen molar-refractivity contribution in [3.8, 4) is 5.75 Å². The Kier molecular flexibility index (Phi) is 8.05. The van der Waals surface area contributed by atoms with Gasteiger partial charge in [0.2, 0.25) is 0 Å². The number of aromatic nitrogens is 1. The van der Waals surface area contributed by atoms with Crippen LogP contribution in [-0.4, -0.2) is 38.5 Å². The van der Waals surface area contributed by atoms with E-state index in [2.05, 4.69) is 10.3 Å². The van der Waals surface area contributed by atoms with E-state index in [1.54, 1.807) is 0 Å². The number of rotatable bonds is 10. The third kappa shape index (κ3) is 5.80. The molecule has 0 fully saturated rings. The third-order valence-corrected chi connectivity index (χ3v) is 7.24. The summed E-state index contributed by atoms with van der Waals surface area (Å²) in [5.74, 6) is -2.66. The number of hydrogen-bond donors (Lipinski definition) is 2. The Labute approximate surface area is 200 Å². The molecule has 2 N–H and O–H groups in total. The molecular weight excluding hydrogens is 489 g/mol. The van der Waals surface area contributed by atoms with Gasteiger partial charge in [0.05, 0.1) is 12.6 Å². The summed E-state index contributed by atoms with van der Waals surface area (Å²) in [6.07, 6.45) is 0. The van der Waals surface area contributed by atoms with Crippen molar-refractivity contribution in [1.29, 1.82) is 0 Å². The summed E-state index contributed by atoms with van der Waals surface area (Å²) in [5, 5.41) is 4.17. The second-order valence-electron chi connectivity index (χ2n) is 7.82. The van der Waals surface area contributed by atoms with Crippen LogP contribution in [0, 0.1) is 17.5 Å². The molecule has 0 saturated carbocycles. The van der Waals surface area contributed by atoms with Crippen LogP contribution >= 0.6 is 11.3 Å². The Morgan fingerprint density at radius 1 is 1.12 bits per heavy atom. The van der Waals surface area contributed by atoms with E-state index in [-0.39, 0.29) is 29.7 Å². The van der Waals surface area contributed by atoms with Crippen molar-refractivity contribution in [2.24, 2.45) is 0 Å². The van der Waals surface area contributed by atoms with E-state index >= 15 is 0 Å². The van der Waals surface area contributed by atoms with Crippen molar-refractivity contribution in [3.63, 3.8) is 0 Å². The molecule has 34 heavy (non-hydrogen) atoms. The molecule has 7 nitrogen and oxygen atoms in total. The van der Waals surface area contributed by atoms with E-state index in [1.165, 1.54) is 30.1 Å². The first-order chi connectivity index (χ1) is 16.0. The first kappa shape index (κ1) is 25.8. The van der Waals surface area contributed by atoms with E-state index < -0.39 is 32.4 Å². The van der Waals surface area contributed by atoms with E-state index in [0.717, 1.165) is 23.5 Å². The topological polar surface area (TPSA) is 83.6 Å². The molecule has 0 saturated heterocycles. The second-order valence-corrected chi connectivity index (χ2v) is 10.2. The number of anilines is 2. The zero-order chi connectivity index (χ0) is 25.0. The van der Waals surface area contributed by atoms with Crippen LogP contribution in [0.2, 0.25) is 0 Å². The van der Waals surface area contributed by atoms with Crippen LogP contribution in [0.15, 0.2) is 40.1 Å². The molecule has 0 unspecified atom stereocenters. The highest BCUT2D eigenvalue weighted by Gasteiger charge is 2.26. The van der Waals surface area contributed by atoms with Crippen molar-refractivity contribution < 1.29 is 26.3 Å². The summed E-state index contributed by atoms with van der Waals surface area (Å²) in [7, 11) is -1.17. The second kappa shape index (κ2) is 10.6. The molecule has 0 aliphatic rings.